The van der Waals surface area contributed by atoms with Crippen LogP contribution in [0.1, 0.15) is 5.56 Å². The SMILES string of the molecule is COCCN(CCOC)CC(=O)Nc1ccc([N+](=O)[O-])cc1C. The highest BCUT2D eigenvalue weighted by Crippen LogP contribution is 2.21. The zero-order valence-corrected chi connectivity index (χ0v) is 13.7. The Morgan fingerprint density at radius 1 is 1.26 bits per heavy atom. The number of nitrogens with zero attached hydrogens (tertiary/aromatic N) is 2. The van der Waals surface area contributed by atoms with Crippen molar-refractivity contribution in [3.63, 3.8) is 0 Å². The van der Waals surface area contributed by atoms with Crippen LogP contribution in [0.25, 0.3) is 0 Å². The van der Waals surface area contributed by atoms with E-state index in [1.807, 2.05) is 4.90 Å². The van der Waals surface area contributed by atoms with Crippen LogP contribution in [0.5, 0.6) is 0 Å². The van der Waals surface area contributed by atoms with E-state index >= 15 is 0 Å². The molecule has 1 amide bonds. The molecule has 0 aliphatic rings. The first kappa shape index (κ1) is 19.0. The molecule has 0 atom stereocenters. The molecule has 0 saturated carbocycles. The lowest BCUT2D eigenvalue weighted by Crippen LogP contribution is -2.37. The van der Waals surface area contributed by atoms with E-state index in [9.17, 15) is 14.9 Å². The highest BCUT2D eigenvalue weighted by Gasteiger charge is 2.13. The Morgan fingerprint density at radius 2 is 1.87 bits per heavy atom. The summed E-state index contributed by atoms with van der Waals surface area (Å²) in [4.78, 5) is 24.3. The minimum Gasteiger partial charge on any atom is -0.383 e. The summed E-state index contributed by atoms with van der Waals surface area (Å²) in [6.07, 6.45) is 0. The fourth-order valence-electron chi connectivity index (χ4n) is 2.01. The van der Waals surface area contributed by atoms with E-state index in [0.29, 0.717) is 37.6 Å². The van der Waals surface area contributed by atoms with Crippen LogP contribution in [0.4, 0.5) is 11.4 Å². The van der Waals surface area contributed by atoms with Gasteiger partial charge in [0.15, 0.2) is 0 Å². The molecule has 1 aromatic rings. The molecule has 0 heterocycles. The van der Waals surface area contributed by atoms with Gasteiger partial charge < -0.3 is 14.8 Å². The number of non-ortho nitro benzene ring substituents is 1. The van der Waals surface area contributed by atoms with Gasteiger partial charge in [-0.1, -0.05) is 0 Å². The van der Waals surface area contributed by atoms with Crippen LogP contribution >= 0.6 is 0 Å². The molecule has 23 heavy (non-hydrogen) atoms. The van der Waals surface area contributed by atoms with E-state index in [1.54, 1.807) is 27.2 Å². The van der Waals surface area contributed by atoms with Crippen molar-refractivity contribution >= 4 is 17.3 Å². The maximum absolute atomic E-state index is 12.2. The summed E-state index contributed by atoms with van der Waals surface area (Å²) in [5.41, 5.74) is 1.22. The second-order valence-electron chi connectivity index (χ2n) is 5.07. The summed E-state index contributed by atoms with van der Waals surface area (Å²) in [6.45, 7) is 4.19. The molecule has 0 aromatic heterocycles. The number of rotatable bonds is 10. The summed E-state index contributed by atoms with van der Waals surface area (Å²) >= 11 is 0. The van der Waals surface area contributed by atoms with Crippen LogP contribution in [0, 0.1) is 17.0 Å². The van der Waals surface area contributed by atoms with Crippen molar-refractivity contribution in [1.82, 2.24) is 4.90 Å². The molecule has 0 saturated heterocycles. The van der Waals surface area contributed by atoms with Crippen LogP contribution in [0.2, 0.25) is 0 Å². The van der Waals surface area contributed by atoms with Gasteiger partial charge in [0.2, 0.25) is 5.91 Å². The lowest BCUT2D eigenvalue weighted by atomic mass is 10.2. The van der Waals surface area contributed by atoms with Gasteiger partial charge in [0, 0.05) is 45.1 Å². The number of methoxy groups -OCH3 is 2. The number of nitro benzene ring substituents is 1. The van der Waals surface area contributed by atoms with Gasteiger partial charge in [0.1, 0.15) is 0 Å². The third-order valence-corrected chi connectivity index (χ3v) is 3.29. The van der Waals surface area contributed by atoms with Gasteiger partial charge >= 0.3 is 0 Å². The highest BCUT2D eigenvalue weighted by atomic mass is 16.6. The second-order valence-corrected chi connectivity index (χ2v) is 5.07. The predicted octanol–water partition coefficient (Wildman–Crippen LogP) is 1.44. The zero-order valence-electron chi connectivity index (χ0n) is 13.7. The first-order valence-electron chi connectivity index (χ1n) is 7.23. The van der Waals surface area contributed by atoms with Crippen LogP contribution in [-0.4, -0.2) is 62.8 Å². The van der Waals surface area contributed by atoms with Crippen LogP contribution < -0.4 is 5.32 Å². The van der Waals surface area contributed by atoms with Crippen LogP contribution in [0.15, 0.2) is 18.2 Å². The average molecular weight is 325 g/mol. The number of nitrogens with one attached hydrogen (secondary N) is 1. The van der Waals surface area contributed by atoms with Gasteiger partial charge in [0.05, 0.1) is 24.7 Å². The van der Waals surface area contributed by atoms with E-state index in [1.165, 1.54) is 12.1 Å². The lowest BCUT2D eigenvalue weighted by molar-refractivity contribution is -0.384. The van der Waals surface area contributed by atoms with E-state index < -0.39 is 4.92 Å². The third-order valence-electron chi connectivity index (χ3n) is 3.29. The molecule has 0 spiro atoms. The highest BCUT2D eigenvalue weighted by molar-refractivity contribution is 5.93. The van der Waals surface area contributed by atoms with E-state index in [0.717, 1.165) is 0 Å². The number of aryl methyl sites for hydroxylation is 1. The quantitative estimate of drug-likeness (QED) is 0.517. The fraction of sp³-hybridized carbons (Fsp3) is 0.533. The van der Waals surface area contributed by atoms with Crippen molar-refractivity contribution in [2.45, 2.75) is 6.92 Å². The Hall–Kier alpha value is -2.03. The molecule has 8 nitrogen and oxygen atoms in total. The lowest BCUT2D eigenvalue weighted by Gasteiger charge is -2.21. The number of carbonyl (C=O) groups excluding carboxylic acids is 1. The van der Waals surface area contributed by atoms with E-state index in [2.05, 4.69) is 5.32 Å². The Kier molecular flexibility index (Phi) is 8.17. The fourth-order valence-corrected chi connectivity index (χ4v) is 2.01. The first-order valence-corrected chi connectivity index (χ1v) is 7.23. The number of hydrogen-bond acceptors (Lipinski definition) is 6. The van der Waals surface area contributed by atoms with Crippen molar-refractivity contribution in [2.24, 2.45) is 0 Å². The number of carbonyl (C=O) groups is 1. The Bertz CT molecular complexity index is 528. The minimum atomic E-state index is -0.462. The van der Waals surface area contributed by atoms with Gasteiger partial charge in [-0.15, -0.1) is 0 Å². The molecule has 8 heteroatoms. The molecule has 1 N–H and O–H groups in total. The van der Waals surface area contributed by atoms with Gasteiger partial charge in [-0.25, -0.2) is 0 Å². The summed E-state index contributed by atoms with van der Waals surface area (Å²) in [6, 6.07) is 4.35. The molecule has 0 unspecified atom stereocenters. The molecular weight excluding hydrogens is 302 g/mol. The summed E-state index contributed by atoms with van der Waals surface area (Å²) in [5, 5.41) is 13.5. The monoisotopic (exact) mass is 325 g/mol. The topological polar surface area (TPSA) is 93.9 Å². The van der Waals surface area contributed by atoms with Gasteiger partial charge in [-0.3, -0.25) is 19.8 Å². The molecule has 0 aliphatic heterocycles. The van der Waals surface area contributed by atoms with Gasteiger partial charge in [-0.2, -0.15) is 0 Å². The molecule has 0 fully saturated rings. The Balaban J connectivity index is 2.64. The molecule has 0 bridgehead atoms. The number of hydrogen-bond donors (Lipinski definition) is 1. The number of benzene rings is 1. The molecule has 1 rings (SSSR count). The molecule has 1 aromatic carbocycles. The smallest absolute Gasteiger partial charge is 0.269 e. The summed E-state index contributed by atoms with van der Waals surface area (Å²) in [5.74, 6) is -0.186. The molecule has 128 valence electrons. The summed E-state index contributed by atoms with van der Waals surface area (Å²) < 4.78 is 10.1. The number of ether oxygens (including phenoxy) is 2. The normalized spacial score (nSPS) is 10.8. The Morgan fingerprint density at radius 3 is 2.35 bits per heavy atom. The second kappa shape index (κ2) is 9.88. The van der Waals surface area contributed by atoms with Crippen molar-refractivity contribution in [2.75, 3.05) is 52.4 Å². The largest absolute Gasteiger partial charge is 0.383 e. The van der Waals surface area contributed by atoms with Gasteiger partial charge in [-0.05, 0) is 18.6 Å². The van der Waals surface area contributed by atoms with Crippen molar-refractivity contribution in [3.8, 4) is 0 Å². The zero-order chi connectivity index (χ0) is 17.2. The molecule has 0 radical (unpaired) electrons. The van der Waals surface area contributed by atoms with Gasteiger partial charge in [0.25, 0.3) is 5.69 Å². The first-order chi connectivity index (χ1) is 11.0. The average Bonchev–Trinajstić information content (AvgIpc) is 2.51. The van der Waals surface area contributed by atoms with Crippen molar-refractivity contribution in [3.05, 3.63) is 33.9 Å². The summed E-state index contributed by atoms with van der Waals surface area (Å²) in [7, 11) is 3.21. The number of amides is 1. The van der Waals surface area contributed by atoms with E-state index in [-0.39, 0.29) is 18.1 Å². The van der Waals surface area contributed by atoms with Crippen molar-refractivity contribution in [1.29, 1.82) is 0 Å². The third kappa shape index (κ3) is 6.72. The molecule has 0 aliphatic carbocycles. The maximum Gasteiger partial charge on any atom is 0.269 e. The molecular formula is C15H23N3O5. The van der Waals surface area contributed by atoms with E-state index in [4.69, 9.17) is 9.47 Å². The predicted molar refractivity (Wildman–Crippen MR) is 86.7 cm³/mol. The number of anilines is 1. The Labute approximate surface area is 135 Å². The standard InChI is InChI=1S/C15H23N3O5/c1-12-10-13(18(20)21)4-5-14(12)16-15(19)11-17(6-8-22-2)7-9-23-3/h4-5,10H,6-9,11H2,1-3H3,(H,16,19). The van der Waals surface area contributed by atoms with Crippen LogP contribution in [0.3, 0.4) is 0 Å². The maximum atomic E-state index is 12.2. The number of nitro groups is 1. The van der Waals surface area contributed by atoms with Crippen molar-refractivity contribution < 1.29 is 19.2 Å². The van der Waals surface area contributed by atoms with Crippen LogP contribution in [-0.2, 0) is 14.3 Å². The minimum absolute atomic E-state index is 0.00214.